The van der Waals surface area contributed by atoms with Crippen LogP contribution in [0.2, 0.25) is 0 Å². The molecular formula is C18H20N4O3. The van der Waals surface area contributed by atoms with E-state index in [9.17, 15) is 4.79 Å². The van der Waals surface area contributed by atoms with E-state index < -0.39 is 0 Å². The Bertz CT molecular complexity index is 773. The highest BCUT2D eigenvalue weighted by molar-refractivity contribution is 6.03. The molecule has 7 heteroatoms. The van der Waals surface area contributed by atoms with Gasteiger partial charge in [0.15, 0.2) is 11.5 Å². The van der Waals surface area contributed by atoms with Gasteiger partial charge in [0.1, 0.15) is 17.8 Å². The van der Waals surface area contributed by atoms with Crippen molar-refractivity contribution in [1.29, 1.82) is 0 Å². The third-order valence-electron chi connectivity index (χ3n) is 4.45. The summed E-state index contributed by atoms with van der Waals surface area (Å²) in [6.07, 6.45) is 6.26. The molecule has 1 saturated heterocycles. The quantitative estimate of drug-likeness (QED) is 0.926. The Morgan fingerprint density at radius 1 is 1.00 bits per heavy atom. The van der Waals surface area contributed by atoms with Gasteiger partial charge in [-0.3, -0.25) is 4.79 Å². The van der Waals surface area contributed by atoms with Crippen molar-refractivity contribution in [3.63, 3.8) is 0 Å². The number of benzene rings is 1. The predicted molar refractivity (Wildman–Crippen MR) is 93.2 cm³/mol. The summed E-state index contributed by atoms with van der Waals surface area (Å²) in [4.78, 5) is 23.2. The van der Waals surface area contributed by atoms with E-state index >= 15 is 0 Å². The maximum atomic E-state index is 12.5. The predicted octanol–water partition coefficient (Wildman–Crippen LogP) is 2.84. The highest BCUT2D eigenvalue weighted by Gasteiger charge is 2.17. The van der Waals surface area contributed by atoms with Crippen molar-refractivity contribution in [3.8, 4) is 11.5 Å². The number of amides is 1. The molecule has 2 aliphatic rings. The van der Waals surface area contributed by atoms with Crippen LogP contribution in [0.1, 0.15) is 36.2 Å². The molecule has 1 N–H and O–H groups in total. The van der Waals surface area contributed by atoms with E-state index in [-0.39, 0.29) is 12.7 Å². The molecule has 4 rings (SSSR count). The van der Waals surface area contributed by atoms with Gasteiger partial charge in [0, 0.05) is 30.9 Å². The van der Waals surface area contributed by atoms with Crippen LogP contribution in [0.3, 0.4) is 0 Å². The molecule has 1 amide bonds. The number of aromatic nitrogens is 2. The monoisotopic (exact) mass is 340 g/mol. The van der Waals surface area contributed by atoms with Gasteiger partial charge in [0.05, 0.1) is 0 Å². The SMILES string of the molecule is O=C(Nc1ccc2c(c1)OCO2)c1cc(N2CCCCCC2)ncn1. The fourth-order valence-electron chi connectivity index (χ4n) is 3.11. The van der Waals surface area contributed by atoms with E-state index in [4.69, 9.17) is 9.47 Å². The van der Waals surface area contributed by atoms with Crippen LogP contribution in [0.15, 0.2) is 30.6 Å². The van der Waals surface area contributed by atoms with Gasteiger partial charge in [-0.15, -0.1) is 0 Å². The first kappa shape index (κ1) is 15.7. The van der Waals surface area contributed by atoms with E-state index in [1.165, 1.54) is 19.2 Å². The number of anilines is 2. The zero-order valence-corrected chi connectivity index (χ0v) is 13.9. The van der Waals surface area contributed by atoms with Crippen molar-refractivity contribution < 1.29 is 14.3 Å². The number of nitrogens with zero attached hydrogens (tertiary/aromatic N) is 3. The minimum atomic E-state index is -0.266. The topological polar surface area (TPSA) is 76.6 Å². The van der Waals surface area contributed by atoms with E-state index in [2.05, 4.69) is 20.2 Å². The Labute approximate surface area is 146 Å². The Morgan fingerprint density at radius 3 is 2.64 bits per heavy atom. The fraction of sp³-hybridized carbons (Fsp3) is 0.389. The van der Waals surface area contributed by atoms with Crippen LogP contribution in [0.5, 0.6) is 11.5 Å². The third-order valence-corrected chi connectivity index (χ3v) is 4.45. The highest BCUT2D eigenvalue weighted by atomic mass is 16.7. The summed E-state index contributed by atoms with van der Waals surface area (Å²) in [5.41, 5.74) is 0.996. The maximum absolute atomic E-state index is 12.5. The zero-order chi connectivity index (χ0) is 17.1. The molecule has 2 aliphatic heterocycles. The minimum absolute atomic E-state index is 0.206. The van der Waals surface area contributed by atoms with E-state index in [1.807, 2.05) is 0 Å². The van der Waals surface area contributed by atoms with Crippen molar-refractivity contribution >= 4 is 17.4 Å². The Kier molecular flexibility index (Phi) is 4.37. The average Bonchev–Trinajstić information content (AvgIpc) is 2.93. The number of fused-ring (bicyclic) bond motifs is 1. The van der Waals surface area contributed by atoms with Crippen LogP contribution < -0.4 is 19.7 Å². The molecule has 0 spiro atoms. The molecule has 1 aromatic carbocycles. The molecule has 1 aromatic heterocycles. The van der Waals surface area contributed by atoms with Crippen molar-refractivity contribution in [2.45, 2.75) is 25.7 Å². The molecule has 0 atom stereocenters. The van der Waals surface area contributed by atoms with Crippen molar-refractivity contribution in [2.24, 2.45) is 0 Å². The van der Waals surface area contributed by atoms with Crippen LogP contribution in [-0.4, -0.2) is 35.8 Å². The number of rotatable bonds is 3. The molecule has 0 bridgehead atoms. The lowest BCUT2D eigenvalue weighted by molar-refractivity contribution is 0.102. The molecule has 3 heterocycles. The summed E-state index contributed by atoms with van der Waals surface area (Å²) in [6, 6.07) is 7.06. The summed E-state index contributed by atoms with van der Waals surface area (Å²) < 4.78 is 10.6. The first-order valence-corrected chi connectivity index (χ1v) is 8.57. The molecule has 7 nitrogen and oxygen atoms in total. The van der Waals surface area contributed by atoms with Crippen LogP contribution in [0.4, 0.5) is 11.5 Å². The van der Waals surface area contributed by atoms with E-state index in [0.29, 0.717) is 22.9 Å². The Hall–Kier alpha value is -2.83. The summed E-state index contributed by atoms with van der Waals surface area (Å²) in [5.74, 6) is 1.86. The normalized spacial score (nSPS) is 16.4. The number of hydrogen-bond acceptors (Lipinski definition) is 6. The molecule has 0 aliphatic carbocycles. The standard InChI is InChI=1S/C18H20N4O3/c23-18(21-13-5-6-15-16(9-13)25-12-24-15)14-10-17(20-11-19-14)22-7-3-1-2-4-8-22/h5-6,9-11H,1-4,7-8,12H2,(H,21,23). The number of ether oxygens (including phenoxy) is 2. The third kappa shape index (κ3) is 3.50. The summed E-state index contributed by atoms with van der Waals surface area (Å²) in [7, 11) is 0. The Morgan fingerprint density at radius 2 is 1.80 bits per heavy atom. The molecular weight excluding hydrogens is 320 g/mol. The second kappa shape index (κ2) is 6.96. The van der Waals surface area contributed by atoms with Gasteiger partial charge in [0.25, 0.3) is 5.91 Å². The van der Waals surface area contributed by atoms with Gasteiger partial charge in [-0.25, -0.2) is 9.97 Å². The van der Waals surface area contributed by atoms with E-state index in [1.54, 1.807) is 24.3 Å². The maximum Gasteiger partial charge on any atom is 0.274 e. The van der Waals surface area contributed by atoms with Crippen molar-refractivity contribution in [2.75, 3.05) is 30.1 Å². The molecule has 25 heavy (non-hydrogen) atoms. The minimum Gasteiger partial charge on any atom is -0.454 e. The van der Waals surface area contributed by atoms with Crippen LogP contribution in [0.25, 0.3) is 0 Å². The highest BCUT2D eigenvalue weighted by Crippen LogP contribution is 2.34. The Balaban J connectivity index is 1.49. The average molecular weight is 340 g/mol. The number of hydrogen-bond donors (Lipinski definition) is 1. The lowest BCUT2D eigenvalue weighted by Crippen LogP contribution is -2.25. The number of nitrogens with one attached hydrogen (secondary N) is 1. The summed E-state index contributed by atoms with van der Waals surface area (Å²) in [6.45, 7) is 2.15. The first-order valence-electron chi connectivity index (χ1n) is 8.57. The van der Waals surface area contributed by atoms with Crippen LogP contribution in [-0.2, 0) is 0 Å². The lowest BCUT2D eigenvalue weighted by Gasteiger charge is -2.21. The van der Waals surface area contributed by atoms with Crippen LogP contribution in [0, 0.1) is 0 Å². The zero-order valence-electron chi connectivity index (χ0n) is 13.9. The first-order chi connectivity index (χ1) is 12.3. The van der Waals surface area contributed by atoms with Crippen LogP contribution >= 0.6 is 0 Å². The fourth-order valence-corrected chi connectivity index (χ4v) is 3.11. The van der Waals surface area contributed by atoms with Crippen molar-refractivity contribution in [1.82, 2.24) is 9.97 Å². The van der Waals surface area contributed by atoms with Crippen molar-refractivity contribution in [3.05, 3.63) is 36.3 Å². The largest absolute Gasteiger partial charge is 0.454 e. The smallest absolute Gasteiger partial charge is 0.274 e. The van der Waals surface area contributed by atoms with Gasteiger partial charge in [-0.1, -0.05) is 12.8 Å². The van der Waals surface area contributed by atoms with Gasteiger partial charge in [-0.2, -0.15) is 0 Å². The van der Waals surface area contributed by atoms with E-state index in [0.717, 1.165) is 31.7 Å². The van der Waals surface area contributed by atoms with Gasteiger partial charge < -0.3 is 19.7 Å². The molecule has 130 valence electrons. The van der Waals surface area contributed by atoms with Gasteiger partial charge >= 0.3 is 0 Å². The lowest BCUT2D eigenvalue weighted by atomic mass is 10.2. The molecule has 0 unspecified atom stereocenters. The summed E-state index contributed by atoms with van der Waals surface area (Å²) >= 11 is 0. The summed E-state index contributed by atoms with van der Waals surface area (Å²) in [5, 5.41) is 2.85. The molecule has 2 aromatic rings. The van der Waals surface area contributed by atoms with Gasteiger partial charge in [-0.05, 0) is 25.0 Å². The second-order valence-electron chi connectivity index (χ2n) is 6.18. The van der Waals surface area contributed by atoms with Gasteiger partial charge in [0.2, 0.25) is 6.79 Å². The number of carbonyl (C=O) groups is 1. The molecule has 1 fully saturated rings. The second-order valence-corrected chi connectivity index (χ2v) is 6.18. The number of carbonyl (C=O) groups excluding carboxylic acids is 1. The molecule has 0 radical (unpaired) electrons. The molecule has 0 saturated carbocycles.